The van der Waals surface area contributed by atoms with Crippen LogP contribution in [0.1, 0.15) is 19.3 Å². The van der Waals surface area contributed by atoms with Crippen LogP contribution in [0.4, 0.5) is 13.6 Å². The Balaban J connectivity index is 1.97. The predicted molar refractivity (Wildman–Crippen MR) is 45.4 cm³/mol. The van der Waals surface area contributed by atoms with Gasteiger partial charge in [-0.2, -0.15) is 0 Å². The third-order valence-electron chi connectivity index (χ3n) is 3.12. The lowest BCUT2D eigenvalue weighted by Crippen LogP contribution is -2.34. The Morgan fingerprint density at radius 1 is 1.29 bits per heavy atom. The molecule has 0 aromatic carbocycles. The van der Waals surface area contributed by atoms with Gasteiger partial charge in [-0.1, -0.05) is 0 Å². The maximum Gasteiger partial charge on any atom is 0.407 e. The number of nitrogens with zero attached hydrogens (tertiary/aromatic N) is 1. The number of amides is 1. The molecule has 0 bridgehead atoms. The largest absolute Gasteiger partial charge is 0.465 e. The summed E-state index contributed by atoms with van der Waals surface area (Å²) in [5, 5.41) is 8.63. The molecule has 1 aliphatic carbocycles. The molecule has 1 N–H and O–H groups in total. The van der Waals surface area contributed by atoms with E-state index in [1.807, 2.05) is 0 Å². The minimum absolute atomic E-state index is 0.00116. The summed E-state index contributed by atoms with van der Waals surface area (Å²) in [6.45, 7) is 0.251. The fourth-order valence-electron chi connectivity index (χ4n) is 2.05. The molecule has 2 aliphatic rings. The summed E-state index contributed by atoms with van der Waals surface area (Å²) in [6.07, 6.45) is 0.405. The normalized spacial score (nSPS) is 28.1. The van der Waals surface area contributed by atoms with Crippen molar-refractivity contribution in [3.8, 4) is 0 Å². The Kier molecular flexibility index (Phi) is 2.12. The summed E-state index contributed by atoms with van der Waals surface area (Å²) in [6, 6.07) is 0. The van der Waals surface area contributed by atoms with Gasteiger partial charge in [0.25, 0.3) is 5.92 Å². The van der Waals surface area contributed by atoms with E-state index in [9.17, 15) is 13.6 Å². The first kappa shape index (κ1) is 9.68. The second kappa shape index (κ2) is 3.07. The standard InChI is InChI=1S/C9H13F2NO2/c10-9(11,6-1-2-6)7-3-4-12(5-7)8(13)14/h6-7H,1-5H2,(H,13,14). The van der Waals surface area contributed by atoms with Crippen molar-refractivity contribution in [1.29, 1.82) is 0 Å². The first-order valence-corrected chi connectivity index (χ1v) is 4.87. The van der Waals surface area contributed by atoms with Crippen LogP contribution in [0.3, 0.4) is 0 Å². The molecule has 0 aromatic rings. The third-order valence-corrected chi connectivity index (χ3v) is 3.12. The monoisotopic (exact) mass is 205 g/mol. The number of hydrogen-bond acceptors (Lipinski definition) is 1. The lowest BCUT2D eigenvalue weighted by atomic mass is 9.97. The van der Waals surface area contributed by atoms with E-state index in [1.165, 1.54) is 0 Å². The van der Waals surface area contributed by atoms with E-state index in [0.717, 1.165) is 4.90 Å². The number of carboxylic acid groups (broad SMARTS) is 1. The first-order valence-electron chi connectivity index (χ1n) is 4.87. The van der Waals surface area contributed by atoms with Crippen molar-refractivity contribution in [2.24, 2.45) is 11.8 Å². The Bertz CT molecular complexity index is 253. The Hall–Kier alpha value is -0.870. The van der Waals surface area contributed by atoms with Crippen molar-refractivity contribution >= 4 is 6.09 Å². The SMILES string of the molecule is O=C(O)N1CCC(C(F)(F)C2CC2)C1. The number of alkyl halides is 2. The van der Waals surface area contributed by atoms with Crippen molar-refractivity contribution in [2.45, 2.75) is 25.2 Å². The highest BCUT2D eigenvalue weighted by Crippen LogP contribution is 2.49. The van der Waals surface area contributed by atoms with Gasteiger partial charge in [-0.05, 0) is 19.3 Å². The van der Waals surface area contributed by atoms with Crippen LogP contribution in [0.25, 0.3) is 0 Å². The Morgan fingerprint density at radius 3 is 2.36 bits per heavy atom. The summed E-state index contributed by atoms with van der Waals surface area (Å²) in [5.41, 5.74) is 0. The second-order valence-electron chi connectivity index (χ2n) is 4.16. The fourth-order valence-corrected chi connectivity index (χ4v) is 2.05. The molecule has 2 fully saturated rings. The molecule has 3 nitrogen and oxygen atoms in total. The lowest BCUT2D eigenvalue weighted by Gasteiger charge is -2.22. The van der Waals surface area contributed by atoms with E-state index >= 15 is 0 Å². The van der Waals surface area contributed by atoms with Crippen molar-refractivity contribution < 1.29 is 18.7 Å². The van der Waals surface area contributed by atoms with Gasteiger partial charge in [-0.25, -0.2) is 13.6 Å². The molecule has 1 unspecified atom stereocenters. The van der Waals surface area contributed by atoms with Gasteiger partial charge in [-0.15, -0.1) is 0 Å². The first-order chi connectivity index (χ1) is 6.51. The van der Waals surface area contributed by atoms with Gasteiger partial charge in [0.15, 0.2) is 0 Å². The topological polar surface area (TPSA) is 40.5 Å². The van der Waals surface area contributed by atoms with E-state index in [-0.39, 0.29) is 13.1 Å². The number of hydrogen-bond donors (Lipinski definition) is 1. The molecule has 0 aromatic heterocycles. The number of carbonyl (C=O) groups is 1. The molecule has 1 aliphatic heterocycles. The van der Waals surface area contributed by atoms with E-state index in [4.69, 9.17) is 5.11 Å². The number of likely N-dealkylation sites (tertiary alicyclic amines) is 1. The Labute approximate surface area is 80.7 Å². The van der Waals surface area contributed by atoms with Crippen LogP contribution < -0.4 is 0 Å². The van der Waals surface area contributed by atoms with Gasteiger partial charge in [0.05, 0.1) is 0 Å². The smallest absolute Gasteiger partial charge is 0.407 e. The van der Waals surface area contributed by atoms with E-state index in [0.29, 0.717) is 19.3 Å². The average Bonchev–Trinajstić information content (AvgIpc) is 2.82. The molecule has 1 saturated heterocycles. The van der Waals surface area contributed by atoms with Gasteiger partial charge >= 0.3 is 6.09 Å². The van der Waals surface area contributed by atoms with E-state index in [1.54, 1.807) is 0 Å². The van der Waals surface area contributed by atoms with Crippen LogP contribution in [0, 0.1) is 11.8 Å². The molecule has 0 radical (unpaired) electrons. The fraction of sp³-hybridized carbons (Fsp3) is 0.889. The van der Waals surface area contributed by atoms with Crippen molar-refractivity contribution in [1.82, 2.24) is 4.90 Å². The number of halogens is 2. The molecule has 1 atom stereocenters. The van der Waals surface area contributed by atoms with E-state index < -0.39 is 23.9 Å². The molecule has 14 heavy (non-hydrogen) atoms. The zero-order valence-corrected chi connectivity index (χ0v) is 7.75. The van der Waals surface area contributed by atoms with Gasteiger partial charge in [0.1, 0.15) is 0 Å². The molecule has 5 heteroatoms. The summed E-state index contributed by atoms with van der Waals surface area (Å²) in [5.74, 6) is -3.89. The predicted octanol–water partition coefficient (Wildman–Crippen LogP) is 2.03. The zero-order valence-electron chi connectivity index (χ0n) is 7.75. The van der Waals surface area contributed by atoms with Crippen molar-refractivity contribution in [3.63, 3.8) is 0 Å². The average molecular weight is 205 g/mol. The zero-order chi connectivity index (χ0) is 10.3. The minimum atomic E-state index is -2.65. The van der Waals surface area contributed by atoms with Crippen LogP contribution in [0.15, 0.2) is 0 Å². The highest BCUT2D eigenvalue weighted by Gasteiger charge is 2.54. The summed E-state index contributed by atoms with van der Waals surface area (Å²) >= 11 is 0. The minimum Gasteiger partial charge on any atom is -0.465 e. The van der Waals surface area contributed by atoms with Crippen LogP contribution in [0.2, 0.25) is 0 Å². The highest BCUT2D eigenvalue weighted by atomic mass is 19.3. The molecule has 1 heterocycles. The van der Waals surface area contributed by atoms with Crippen LogP contribution in [-0.2, 0) is 0 Å². The summed E-state index contributed by atoms with van der Waals surface area (Å²) < 4.78 is 27.1. The Morgan fingerprint density at radius 2 is 1.93 bits per heavy atom. The van der Waals surface area contributed by atoms with E-state index in [2.05, 4.69) is 0 Å². The van der Waals surface area contributed by atoms with Gasteiger partial charge in [0, 0.05) is 24.9 Å². The molecule has 1 amide bonds. The number of rotatable bonds is 2. The van der Waals surface area contributed by atoms with Gasteiger partial charge in [-0.3, -0.25) is 0 Å². The van der Waals surface area contributed by atoms with Gasteiger partial charge in [0.2, 0.25) is 0 Å². The quantitative estimate of drug-likeness (QED) is 0.749. The maximum absolute atomic E-state index is 13.5. The molecule has 0 spiro atoms. The second-order valence-corrected chi connectivity index (χ2v) is 4.16. The van der Waals surface area contributed by atoms with Crippen molar-refractivity contribution in [3.05, 3.63) is 0 Å². The van der Waals surface area contributed by atoms with Crippen LogP contribution >= 0.6 is 0 Å². The molecule has 2 rings (SSSR count). The van der Waals surface area contributed by atoms with Crippen molar-refractivity contribution in [2.75, 3.05) is 13.1 Å². The van der Waals surface area contributed by atoms with Gasteiger partial charge < -0.3 is 10.0 Å². The molecular formula is C9H13F2NO2. The maximum atomic E-state index is 13.5. The molecule has 80 valence electrons. The highest BCUT2D eigenvalue weighted by molar-refractivity contribution is 5.65. The summed E-state index contributed by atoms with van der Waals surface area (Å²) in [4.78, 5) is 11.6. The van der Waals surface area contributed by atoms with Crippen LogP contribution in [0.5, 0.6) is 0 Å². The third kappa shape index (κ3) is 1.55. The summed E-state index contributed by atoms with van der Waals surface area (Å²) in [7, 11) is 0. The lowest BCUT2D eigenvalue weighted by molar-refractivity contribution is -0.0738. The molecule has 1 saturated carbocycles. The molecular weight excluding hydrogens is 192 g/mol. The van der Waals surface area contributed by atoms with Crippen LogP contribution in [-0.4, -0.2) is 35.1 Å².